The molecule has 0 fully saturated rings. The first-order chi connectivity index (χ1) is 14.6. The summed E-state index contributed by atoms with van der Waals surface area (Å²) in [6.07, 6.45) is 0.872. The highest BCUT2D eigenvalue weighted by Crippen LogP contribution is 2.35. The number of aliphatic hydroxyl groups is 1. The number of hydrogen-bond acceptors (Lipinski definition) is 7. The van der Waals surface area contributed by atoms with Gasteiger partial charge in [-0.3, -0.25) is 0 Å². The third kappa shape index (κ3) is 17.0. The maximum atomic E-state index is 10.0. The van der Waals surface area contributed by atoms with E-state index in [-0.39, 0.29) is 17.8 Å². The number of hydrogen-bond donors (Lipinski definition) is 3. The first kappa shape index (κ1) is 36.4. The van der Waals surface area contributed by atoms with Crippen LogP contribution in [0.15, 0.2) is 24.3 Å². The number of aliphatic hydroxyl groups excluding tert-OH is 1. The van der Waals surface area contributed by atoms with Gasteiger partial charge in [0.1, 0.15) is 6.61 Å². The molecule has 3 N–H and O–H groups in total. The third-order valence-electron chi connectivity index (χ3n) is 3.51. The van der Waals surface area contributed by atoms with Gasteiger partial charge in [0, 0.05) is 24.9 Å². The highest BCUT2D eigenvalue weighted by Gasteiger charge is 2.55. The number of rotatable bonds is 12. The van der Waals surface area contributed by atoms with Crippen molar-refractivity contribution in [3.05, 3.63) is 24.3 Å². The van der Waals surface area contributed by atoms with E-state index in [1.165, 1.54) is 13.8 Å². The van der Waals surface area contributed by atoms with E-state index in [0.29, 0.717) is 16.8 Å². The van der Waals surface area contributed by atoms with Crippen LogP contribution in [0.25, 0.3) is 0 Å². The molecule has 0 aromatic heterocycles. The average molecular weight is 527 g/mol. The minimum atomic E-state index is -1.97. The Balaban J connectivity index is -0.000000611. The summed E-state index contributed by atoms with van der Waals surface area (Å²) in [6.45, 7) is 24.0. The molecule has 0 aromatic rings. The van der Waals surface area contributed by atoms with Crippen LogP contribution >= 0.6 is 0 Å². The first-order valence-corrected chi connectivity index (χ1v) is 18.4. The molecule has 0 aromatic carbocycles. The van der Waals surface area contributed by atoms with Crippen LogP contribution in [0.2, 0.25) is 39.3 Å². The fourth-order valence-corrected chi connectivity index (χ4v) is 7.57. The van der Waals surface area contributed by atoms with E-state index in [0.717, 1.165) is 6.42 Å². The number of carbonyl (C=O) groups is 2. The van der Waals surface area contributed by atoms with Crippen molar-refractivity contribution in [2.75, 3.05) is 20.3 Å². The van der Waals surface area contributed by atoms with E-state index in [4.69, 9.17) is 28.5 Å². The van der Waals surface area contributed by atoms with Crippen LogP contribution in [0.4, 0.5) is 0 Å². The Kier molecular flexibility index (Phi) is 17.3. The molecule has 0 radical (unpaired) electrons. The van der Waals surface area contributed by atoms with Gasteiger partial charge in [0.15, 0.2) is 22.0 Å². The molecule has 33 heavy (non-hydrogen) atoms. The molecule has 0 spiro atoms. The summed E-state index contributed by atoms with van der Waals surface area (Å²) >= 11 is 0. The van der Waals surface area contributed by atoms with Crippen molar-refractivity contribution < 1.29 is 43.2 Å². The topological polar surface area (TPSA) is 132 Å². The highest BCUT2D eigenvalue weighted by atomic mass is 28.4. The highest BCUT2D eigenvalue weighted by molar-refractivity contribution is 6.70. The smallest absolute Gasteiger partial charge is 0.330 e. The molecule has 196 valence electrons. The third-order valence-corrected chi connectivity index (χ3v) is 7.12. The summed E-state index contributed by atoms with van der Waals surface area (Å²) in [5.74, 6) is -3.12. The normalized spacial score (nSPS) is 15.0. The van der Waals surface area contributed by atoms with E-state index in [2.05, 4.69) is 52.4 Å². The molecule has 0 amide bonds. The number of methoxy groups -OCH3 is 1. The summed E-state index contributed by atoms with van der Waals surface area (Å²) in [7, 11) is -1.79. The molecule has 0 bridgehead atoms. The zero-order valence-electron chi connectivity index (χ0n) is 22.3. The lowest BCUT2D eigenvalue weighted by Crippen LogP contribution is -2.68. The molecular formula is C21H46O9Si3. The van der Waals surface area contributed by atoms with Gasteiger partial charge in [-0.25, -0.2) is 9.59 Å². The number of carboxylic acids is 2. The monoisotopic (exact) mass is 526 g/mol. The van der Waals surface area contributed by atoms with Gasteiger partial charge in [-0.1, -0.05) is 20.1 Å². The summed E-state index contributed by atoms with van der Waals surface area (Å²) in [5, 5.41) is 25.8. The van der Waals surface area contributed by atoms with Gasteiger partial charge >= 0.3 is 11.9 Å². The predicted octanol–water partition coefficient (Wildman–Crippen LogP) is 2.76. The van der Waals surface area contributed by atoms with Gasteiger partial charge in [0.05, 0.1) is 10.2 Å². The summed E-state index contributed by atoms with van der Waals surface area (Å²) in [5.41, 5.74) is -0.651. The van der Waals surface area contributed by atoms with Crippen LogP contribution < -0.4 is 0 Å². The van der Waals surface area contributed by atoms with Crippen molar-refractivity contribution in [1.29, 1.82) is 0 Å². The van der Waals surface area contributed by atoms with Gasteiger partial charge in [-0.15, -0.1) is 0 Å². The molecule has 0 saturated heterocycles. The molecule has 0 aliphatic rings. The van der Waals surface area contributed by atoms with Crippen molar-refractivity contribution in [1.82, 2.24) is 0 Å². The zero-order valence-corrected chi connectivity index (χ0v) is 26.3. The van der Waals surface area contributed by atoms with Crippen molar-refractivity contribution in [3.8, 4) is 0 Å². The zero-order chi connectivity index (χ0) is 27.3. The number of carboxylic acid groups (broad SMARTS) is 2. The van der Waals surface area contributed by atoms with Crippen molar-refractivity contribution >= 4 is 38.8 Å². The molecule has 0 heterocycles. The van der Waals surface area contributed by atoms with Crippen molar-refractivity contribution in [2.24, 2.45) is 0 Å². The number of aliphatic carboxylic acids is 2. The predicted molar refractivity (Wildman–Crippen MR) is 140 cm³/mol. The Bertz CT molecular complexity index is 588. The largest absolute Gasteiger partial charge is 0.478 e. The molecule has 0 rings (SSSR count). The summed E-state index contributed by atoms with van der Waals surface area (Å²) in [6, 6.07) is 0. The lowest BCUT2D eigenvalue weighted by molar-refractivity contribution is -0.333. The quantitative estimate of drug-likeness (QED) is 0.199. The Labute approximate surface area is 204 Å². The van der Waals surface area contributed by atoms with Gasteiger partial charge < -0.3 is 33.6 Å². The molecule has 2 unspecified atom stereocenters. The van der Waals surface area contributed by atoms with E-state index >= 15 is 0 Å². The molecule has 9 nitrogen and oxygen atoms in total. The van der Waals surface area contributed by atoms with Crippen molar-refractivity contribution in [3.63, 3.8) is 0 Å². The molecular weight excluding hydrogens is 480 g/mol. The summed E-state index contributed by atoms with van der Waals surface area (Å²) < 4.78 is 24.2. The Morgan fingerprint density at radius 3 is 1.42 bits per heavy atom. The Morgan fingerprint density at radius 2 is 1.24 bits per heavy atom. The maximum absolute atomic E-state index is 10.0. The van der Waals surface area contributed by atoms with Crippen LogP contribution in [0.5, 0.6) is 0 Å². The fraction of sp³-hybridized carbons (Fsp3) is 0.714. The van der Waals surface area contributed by atoms with Gasteiger partial charge in [0.2, 0.25) is 5.79 Å². The Morgan fingerprint density at radius 1 is 0.909 bits per heavy atom. The van der Waals surface area contributed by atoms with E-state index in [9.17, 15) is 14.7 Å². The molecule has 0 aliphatic heterocycles. The maximum Gasteiger partial charge on any atom is 0.330 e. The SMILES string of the molecule is C=C(C)C(=O)O.C=C(C)C(=O)O.CCCOC([SiH3])(O[Si](C)(C)C)C(CO)(OC)O[Si](C)(C)C. The van der Waals surface area contributed by atoms with Crippen molar-refractivity contribution in [2.45, 2.75) is 77.7 Å². The van der Waals surface area contributed by atoms with Gasteiger partial charge in [0.25, 0.3) is 0 Å². The molecule has 12 heteroatoms. The fourth-order valence-electron chi connectivity index (χ4n) is 2.15. The van der Waals surface area contributed by atoms with E-state index in [1.807, 2.05) is 6.92 Å². The lowest BCUT2D eigenvalue weighted by atomic mass is 10.3. The van der Waals surface area contributed by atoms with Crippen LogP contribution in [0, 0.1) is 0 Å². The second-order valence-electron chi connectivity index (χ2n) is 9.51. The first-order valence-electron chi connectivity index (χ1n) is 10.6. The average Bonchev–Trinajstić information content (AvgIpc) is 2.63. The van der Waals surface area contributed by atoms with Crippen LogP contribution in [-0.2, 0) is 27.9 Å². The molecule has 2 atom stereocenters. The van der Waals surface area contributed by atoms with Crippen LogP contribution in [0.3, 0.4) is 0 Å². The molecule has 0 saturated carbocycles. The number of ether oxygens (including phenoxy) is 2. The Hall–Kier alpha value is -1.13. The standard InChI is InChI=1S/C13H34O5Si3.2C4H6O2/c1-9-10-16-13(19,18-21(6,7)8)12(11-14,15-2)17-20(3,4)5;2*1-3(2)4(5)6/h14H,9-11H2,1-8,19H3;2*1H2,2H3,(H,5,6). The summed E-state index contributed by atoms with van der Waals surface area (Å²) in [4.78, 5) is 19.2. The van der Waals surface area contributed by atoms with E-state index in [1.54, 1.807) is 7.11 Å². The second kappa shape index (κ2) is 15.7. The minimum Gasteiger partial charge on any atom is -0.478 e. The molecule has 0 aliphatic carbocycles. The lowest BCUT2D eigenvalue weighted by Gasteiger charge is -2.50. The van der Waals surface area contributed by atoms with Gasteiger partial charge in [-0.05, 0) is 59.6 Å². The van der Waals surface area contributed by atoms with Crippen LogP contribution in [-0.4, -0.2) is 85.7 Å². The van der Waals surface area contributed by atoms with Gasteiger partial charge in [-0.2, -0.15) is 0 Å². The van der Waals surface area contributed by atoms with E-state index < -0.39 is 39.8 Å². The van der Waals surface area contributed by atoms with Crippen LogP contribution in [0.1, 0.15) is 27.2 Å². The minimum absolute atomic E-state index is 0.176. The second-order valence-corrected chi connectivity index (χ2v) is 19.7.